The van der Waals surface area contributed by atoms with Crippen molar-refractivity contribution in [2.45, 2.75) is 26.3 Å². The minimum Gasteiger partial charge on any atom is -0.492 e. The Kier molecular flexibility index (Phi) is 7.79. The first-order valence-electron chi connectivity index (χ1n) is 7.27. The molecule has 0 aromatic heterocycles. The maximum Gasteiger partial charge on any atom is 0.335 e. The standard InChI is InChI=1S/C16H25NO4/c1-4-13(2)17(8-10-20-3)9-11-21-15-7-5-6-14(12-15)16(18)19/h5-7,12-13H,4,8-11H2,1-3H3,(H,18,19). The molecule has 1 atom stereocenters. The van der Waals surface area contributed by atoms with E-state index in [1.54, 1.807) is 31.4 Å². The van der Waals surface area contributed by atoms with Crippen LogP contribution in [-0.4, -0.2) is 55.4 Å². The van der Waals surface area contributed by atoms with E-state index in [4.69, 9.17) is 14.6 Å². The Morgan fingerprint density at radius 1 is 1.33 bits per heavy atom. The van der Waals surface area contributed by atoms with Crippen LogP contribution >= 0.6 is 0 Å². The van der Waals surface area contributed by atoms with Gasteiger partial charge in [-0.3, -0.25) is 4.90 Å². The highest BCUT2D eigenvalue weighted by Gasteiger charge is 2.12. The minimum absolute atomic E-state index is 0.241. The van der Waals surface area contributed by atoms with Crippen LogP contribution in [0.3, 0.4) is 0 Å². The van der Waals surface area contributed by atoms with Crippen molar-refractivity contribution < 1.29 is 19.4 Å². The van der Waals surface area contributed by atoms with Crippen molar-refractivity contribution in [3.8, 4) is 5.75 Å². The van der Waals surface area contributed by atoms with Crippen LogP contribution in [0.4, 0.5) is 0 Å². The average molecular weight is 295 g/mol. The number of carboxylic acid groups (broad SMARTS) is 1. The van der Waals surface area contributed by atoms with Gasteiger partial charge in [-0.15, -0.1) is 0 Å². The average Bonchev–Trinajstić information content (AvgIpc) is 2.50. The van der Waals surface area contributed by atoms with Gasteiger partial charge in [0.2, 0.25) is 0 Å². The van der Waals surface area contributed by atoms with Gasteiger partial charge in [0, 0.05) is 26.2 Å². The Bertz CT molecular complexity index is 436. The van der Waals surface area contributed by atoms with Gasteiger partial charge < -0.3 is 14.6 Å². The number of hydrogen-bond donors (Lipinski definition) is 1. The summed E-state index contributed by atoms with van der Waals surface area (Å²) in [6.07, 6.45) is 1.07. The Balaban J connectivity index is 2.49. The Morgan fingerprint density at radius 2 is 2.05 bits per heavy atom. The molecule has 0 heterocycles. The summed E-state index contributed by atoms with van der Waals surface area (Å²) in [5, 5.41) is 8.95. The second-order valence-corrected chi connectivity index (χ2v) is 4.97. The van der Waals surface area contributed by atoms with Gasteiger partial charge in [0.1, 0.15) is 12.4 Å². The number of rotatable bonds is 10. The normalized spacial score (nSPS) is 12.4. The second kappa shape index (κ2) is 9.37. The van der Waals surface area contributed by atoms with Gasteiger partial charge in [-0.1, -0.05) is 13.0 Å². The van der Waals surface area contributed by atoms with Crippen molar-refractivity contribution >= 4 is 5.97 Å². The largest absolute Gasteiger partial charge is 0.492 e. The summed E-state index contributed by atoms with van der Waals surface area (Å²) in [4.78, 5) is 13.2. The molecule has 1 aromatic rings. The second-order valence-electron chi connectivity index (χ2n) is 4.97. The summed E-state index contributed by atoms with van der Waals surface area (Å²) in [5.41, 5.74) is 0.241. The zero-order valence-electron chi connectivity index (χ0n) is 13.0. The minimum atomic E-state index is -0.943. The monoisotopic (exact) mass is 295 g/mol. The molecule has 21 heavy (non-hydrogen) atoms. The summed E-state index contributed by atoms with van der Waals surface area (Å²) in [7, 11) is 1.70. The van der Waals surface area contributed by atoms with Gasteiger partial charge >= 0.3 is 5.97 Å². The number of hydrogen-bond acceptors (Lipinski definition) is 4. The first-order valence-corrected chi connectivity index (χ1v) is 7.27. The number of benzene rings is 1. The van der Waals surface area contributed by atoms with Gasteiger partial charge in [0.15, 0.2) is 0 Å². The molecular weight excluding hydrogens is 270 g/mol. The van der Waals surface area contributed by atoms with E-state index in [2.05, 4.69) is 18.7 Å². The first kappa shape index (κ1) is 17.5. The van der Waals surface area contributed by atoms with Crippen LogP contribution in [0.2, 0.25) is 0 Å². The van der Waals surface area contributed by atoms with Crippen LogP contribution in [0, 0.1) is 0 Å². The number of methoxy groups -OCH3 is 1. The van der Waals surface area contributed by atoms with E-state index in [-0.39, 0.29) is 5.56 Å². The van der Waals surface area contributed by atoms with Crippen LogP contribution in [0.15, 0.2) is 24.3 Å². The van der Waals surface area contributed by atoms with E-state index < -0.39 is 5.97 Å². The number of nitrogens with zero attached hydrogens (tertiary/aromatic N) is 1. The number of carbonyl (C=O) groups is 1. The smallest absolute Gasteiger partial charge is 0.335 e. The van der Waals surface area contributed by atoms with Gasteiger partial charge in [-0.25, -0.2) is 4.79 Å². The molecule has 1 N–H and O–H groups in total. The Hall–Kier alpha value is -1.59. The number of aromatic carboxylic acids is 1. The van der Waals surface area contributed by atoms with Crippen LogP contribution in [0.1, 0.15) is 30.6 Å². The topological polar surface area (TPSA) is 59.0 Å². The van der Waals surface area contributed by atoms with Crippen LogP contribution in [0.5, 0.6) is 5.75 Å². The van der Waals surface area contributed by atoms with Crippen molar-refractivity contribution in [2.24, 2.45) is 0 Å². The van der Waals surface area contributed by atoms with Crippen LogP contribution in [-0.2, 0) is 4.74 Å². The summed E-state index contributed by atoms with van der Waals surface area (Å²) in [6, 6.07) is 7.03. The molecule has 118 valence electrons. The summed E-state index contributed by atoms with van der Waals surface area (Å²) in [6.45, 7) is 7.21. The van der Waals surface area contributed by atoms with E-state index in [0.29, 0.717) is 25.0 Å². The maximum atomic E-state index is 10.9. The summed E-state index contributed by atoms with van der Waals surface area (Å²) < 4.78 is 10.8. The van der Waals surface area contributed by atoms with Crippen molar-refractivity contribution in [1.29, 1.82) is 0 Å². The van der Waals surface area contributed by atoms with Crippen molar-refractivity contribution in [2.75, 3.05) is 33.4 Å². The molecule has 0 amide bonds. The van der Waals surface area contributed by atoms with E-state index in [9.17, 15) is 4.79 Å². The zero-order chi connectivity index (χ0) is 15.7. The predicted octanol–water partition coefficient (Wildman–Crippen LogP) is 2.51. The first-order chi connectivity index (χ1) is 10.1. The lowest BCUT2D eigenvalue weighted by molar-refractivity contribution is 0.0696. The molecule has 0 saturated heterocycles. The van der Waals surface area contributed by atoms with Crippen molar-refractivity contribution in [3.63, 3.8) is 0 Å². The molecule has 1 rings (SSSR count). The lowest BCUT2D eigenvalue weighted by Crippen LogP contribution is -2.38. The molecule has 0 aliphatic heterocycles. The molecular formula is C16H25NO4. The van der Waals surface area contributed by atoms with Crippen LogP contribution < -0.4 is 4.74 Å². The molecule has 5 nitrogen and oxygen atoms in total. The highest BCUT2D eigenvalue weighted by molar-refractivity contribution is 5.87. The van der Waals surface area contributed by atoms with Crippen molar-refractivity contribution in [3.05, 3.63) is 29.8 Å². The Morgan fingerprint density at radius 3 is 2.67 bits per heavy atom. The lowest BCUT2D eigenvalue weighted by atomic mass is 10.2. The fourth-order valence-corrected chi connectivity index (χ4v) is 2.02. The summed E-state index contributed by atoms with van der Waals surface area (Å²) in [5.74, 6) is -0.354. The molecule has 0 saturated carbocycles. The predicted molar refractivity (Wildman–Crippen MR) is 82.1 cm³/mol. The molecule has 5 heteroatoms. The molecule has 0 spiro atoms. The van der Waals surface area contributed by atoms with E-state index >= 15 is 0 Å². The van der Waals surface area contributed by atoms with Crippen LogP contribution in [0.25, 0.3) is 0 Å². The van der Waals surface area contributed by atoms with E-state index in [0.717, 1.165) is 19.5 Å². The number of carboxylic acids is 1. The zero-order valence-corrected chi connectivity index (χ0v) is 13.0. The SMILES string of the molecule is CCC(C)N(CCOC)CCOc1cccc(C(=O)O)c1. The molecule has 1 aromatic carbocycles. The highest BCUT2D eigenvalue weighted by atomic mass is 16.5. The quantitative estimate of drug-likeness (QED) is 0.718. The molecule has 1 unspecified atom stereocenters. The molecule has 0 aliphatic rings. The molecule has 0 aliphatic carbocycles. The van der Waals surface area contributed by atoms with Crippen molar-refractivity contribution in [1.82, 2.24) is 4.90 Å². The van der Waals surface area contributed by atoms with E-state index in [1.165, 1.54) is 0 Å². The van der Waals surface area contributed by atoms with Gasteiger partial charge in [-0.2, -0.15) is 0 Å². The number of ether oxygens (including phenoxy) is 2. The fraction of sp³-hybridized carbons (Fsp3) is 0.562. The van der Waals surface area contributed by atoms with Gasteiger partial charge in [-0.05, 0) is 31.5 Å². The van der Waals surface area contributed by atoms with Gasteiger partial charge in [0.25, 0.3) is 0 Å². The fourth-order valence-electron chi connectivity index (χ4n) is 2.02. The lowest BCUT2D eigenvalue weighted by Gasteiger charge is -2.27. The molecule has 0 bridgehead atoms. The van der Waals surface area contributed by atoms with E-state index in [1.807, 2.05) is 0 Å². The molecule has 0 radical (unpaired) electrons. The highest BCUT2D eigenvalue weighted by Crippen LogP contribution is 2.13. The third kappa shape index (κ3) is 6.14. The Labute approximate surface area is 126 Å². The maximum absolute atomic E-state index is 10.9. The third-order valence-corrected chi connectivity index (χ3v) is 3.53. The third-order valence-electron chi connectivity index (χ3n) is 3.53. The summed E-state index contributed by atoms with van der Waals surface area (Å²) >= 11 is 0. The van der Waals surface area contributed by atoms with Gasteiger partial charge in [0.05, 0.1) is 12.2 Å². The molecule has 0 fully saturated rings.